The van der Waals surface area contributed by atoms with Gasteiger partial charge in [-0.3, -0.25) is 0 Å². The summed E-state index contributed by atoms with van der Waals surface area (Å²) < 4.78 is 10.0. The molecule has 0 unspecified atom stereocenters. The van der Waals surface area contributed by atoms with Crippen LogP contribution in [0.25, 0.3) is 0 Å². The van der Waals surface area contributed by atoms with Crippen molar-refractivity contribution in [3.8, 4) is 0 Å². The third kappa shape index (κ3) is 11.1. The minimum absolute atomic E-state index is 0.590. The Morgan fingerprint density at radius 1 is 1.00 bits per heavy atom. The van der Waals surface area contributed by atoms with Crippen molar-refractivity contribution in [3.05, 3.63) is 25.7 Å². The first-order valence-corrected chi connectivity index (χ1v) is 5.67. The van der Waals surface area contributed by atoms with E-state index in [2.05, 4.69) is 30.7 Å². The van der Waals surface area contributed by atoms with Crippen molar-refractivity contribution < 1.29 is 9.47 Å². The zero-order valence-electron chi connectivity index (χ0n) is 10.2. The van der Waals surface area contributed by atoms with E-state index in [0.717, 1.165) is 26.2 Å². The van der Waals surface area contributed by atoms with Gasteiger partial charge in [-0.15, -0.1) is 0 Å². The highest BCUT2D eigenvalue weighted by Crippen LogP contribution is 1.89. The number of ether oxygens (including phenoxy) is 2. The van der Waals surface area contributed by atoms with Crippen LogP contribution in [0.1, 0.15) is 6.92 Å². The van der Waals surface area contributed by atoms with Crippen LogP contribution in [0.5, 0.6) is 0 Å². The zero-order chi connectivity index (χ0) is 12.1. The molecule has 0 radical (unpaired) electrons. The van der Waals surface area contributed by atoms with Crippen LogP contribution < -0.4 is 10.6 Å². The van der Waals surface area contributed by atoms with E-state index in [4.69, 9.17) is 9.47 Å². The lowest BCUT2D eigenvalue weighted by Gasteiger charge is -2.13. The highest BCUT2D eigenvalue weighted by molar-refractivity contribution is 4.61. The van der Waals surface area contributed by atoms with Gasteiger partial charge in [-0.1, -0.05) is 20.1 Å². The van der Waals surface area contributed by atoms with Crippen LogP contribution in [0.4, 0.5) is 0 Å². The lowest BCUT2D eigenvalue weighted by molar-refractivity contribution is 0.243. The maximum absolute atomic E-state index is 5.00. The molecule has 0 saturated heterocycles. The second-order valence-electron chi connectivity index (χ2n) is 3.59. The van der Waals surface area contributed by atoms with Gasteiger partial charge in [0.15, 0.2) is 0 Å². The van der Waals surface area contributed by atoms with Crippen molar-refractivity contribution >= 4 is 0 Å². The molecule has 4 heteroatoms. The predicted molar refractivity (Wildman–Crippen MR) is 67.2 cm³/mol. The van der Waals surface area contributed by atoms with Gasteiger partial charge < -0.3 is 20.1 Å². The Balaban J connectivity index is 3.14. The van der Waals surface area contributed by atoms with Gasteiger partial charge in [0.2, 0.25) is 0 Å². The predicted octanol–water partition coefficient (Wildman–Crippen LogP) is 1.12. The molecule has 0 aromatic carbocycles. The minimum atomic E-state index is 0.590. The molecule has 16 heavy (non-hydrogen) atoms. The van der Waals surface area contributed by atoms with E-state index in [0.29, 0.717) is 19.1 Å². The second kappa shape index (κ2) is 12.1. The highest BCUT2D eigenvalue weighted by atomic mass is 16.5. The van der Waals surface area contributed by atoms with Crippen LogP contribution in [0, 0.1) is 5.92 Å². The normalized spacial score (nSPS) is 10.1. The van der Waals surface area contributed by atoms with Gasteiger partial charge in [0.25, 0.3) is 0 Å². The van der Waals surface area contributed by atoms with Crippen molar-refractivity contribution in [3.63, 3.8) is 0 Å². The van der Waals surface area contributed by atoms with E-state index < -0.39 is 0 Å². The van der Waals surface area contributed by atoms with Gasteiger partial charge in [-0.2, -0.15) is 0 Å². The SMILES string of the molecule is C=COCCNCC(C)CNCCOC=C. The molecular formula is C12H24N2O2. The van der Waals surface area contributed by atoms with Crippen LogP contribution in [0.15, 0.2) is 25.7 Å². The number of hydrogen-bond donors (Lipinski definition) is 2. The topological polar surface area (TPSA) is 42.5 Å². The number of hydrogen-bond acceptors (Lipinski definition) is 4. The van der Waals surface area contributed by atoms with Gasteiger partial charge in [-0.05, 0) is 19.0 Å². The summed E-state index contributed by atoms with van der Waals surface area (Å²) in [6.45, 7) is 14.2. The maximum Gasteiger partial charge on any atom is 0.0997 e. The van der Waals surface area contributed by atoms with Gasteiger partial charge in [-0.25, -0.2) is 0 Å². The molecule has 0 bridgehead atoms. The fraction of sp³-hybridized carbons (Fsp3) is 0.667. The summed E-state index contributed by atoms with van der Waals surface area (Å²) in [4.78, 5) is 0. The molecule has 2 N–H and O–H groups in total. The third-order valence-corrected chi connectivity index (χ3v) is 2.01. The summed E-state index contributed by atoms with van der Waals surface area (Å²) >= 11 is 0. The number of rotatable bonds is 12. The van der Waals surface area contributed by atoms with Crippen LogP contribution in [-0.4, -0.2) is 39.4 Å². The van der Waals surface area contributed by atoms with Gasteiger partial charge in [0.1, 0.15) is 0 Å². The lowest BCUT2D eigenvalue weighted by atomic mass is 10.2. The summed E-state index contributed by atoms with van der Waals surface area (Å²) in [7, 11) is 0. The maximum atomic E-state index is 5.00. The van der Waals surface area contributed by atoms with Crippen LogP contribution >= 0.6 is 0 Å². The van der Waals surface area contributed by atoms with Crippen molar-refractivity contribution in [2.24, 2.45) is 5.92 Å². The average Bonchev–Trinajstić information content (AvgIpc) is 2.28. The minimum Gasteiger partial charge on any atom is -0.500 e. The molecule has 0 amide bonds. The molecule has 0 atom stereocenters. The molecule has 0 aliphatic rings. The molecule has 0 fully saturated rings. The Hall–Kier alpha value is -1.00. The molecule has 0 aromatic heterocycles. The summed E-state index contributed by atoms with van der Waals surface area (Å²) in [6, 6.07) is 0. The largest absolute Gasteiger partial charge is 0.500 e. The van der Waals surface area contributed by atoms with E-state index in [9.17, 15) is 0 Å². The van der Waals surface area contributed by atoms with Crippen molar-refractivity contribution in [2.75, 3.05) is 39.4 Å². The monoisotopic (exact) mass is 228 g/mol. The first-order chi connectivity index (χ1) is 7.81. The van der Waals surface area contributed by atoms with Crippen LogP contribution in [0.3, 0.4) is 0 Å². The van der Waals surface area contributed by atoms with E-state index >= 15 is 0 Å². The summed E-state index contributed by atoms with van der Waals surface area (Å²) in [5.41, 5.74) is 0. The molecule has 0 aromatic rings. The Bertz CT molecular complexity index is 156. The molecule has 0 aliphatic heterocycles. The molecule has 0 spiro atoms. The molecule has 94 valence electrons. The van der Waals surface area contributed by atoms with Gasteiger partial charge >= 0.3 is 0 Å². The highest BCUT2D eigenvalue weighted by Gasteiger charge is 2.00. The summed E-state index contributed by atoms with van der Waals surface area (Å²) in [6.07, 6.45) is 2.93. The molecule has 0 saturated carbocycles. The summed E-state index contributed by atoms with van der Waals surface area (Å²) in [5, 5.41) is 6.62. The molecule has 0 heterocycles. The molecule has 0 aliphatic carbocycles. The van der Waals surface area contributed by atoms with E-state index in [1.54, 1.807) is 0 Å². The molecular weight excluding hydrogens is 204 g/mol. The van der Waals surface area contributed by atoms with Crippen molar-refractivity contribution in [1.29, 1.82) is 0 Å². The van der Waals surface area contributed by atoms with E-state index in [-0.39, 0.29) is 0 Å². The molecule has 0 rings (SSSR count). The smallest absolute Gasteiger partial charge is 0.0997 e. The first-order valence-electron chi connectivity index (χ1n) is 5.67. The third-order valence-electron chi connectivity index (χ3n) is 2.01. The first kappa shape index (κ1) is 15.0. The Labute approximate surface area is 98.7 Å². The Kier molecular flexibility index (Phi) is 11.3. The fourth-order valence-corrected chi connectivity index (χ4v) is 1.20. The Morgan fingerprint density at radius 2 is 1.44 bits per heavy atom. The van der Waals surface area contributed by atoms with Crippen molar-refractivity contribution in [2.45, 2.75) is 6.92 Å². The Morgan fingerprint density at radius 3 is 1.81 bits per heavy atom. The average molecular weight is 228 g/mol. The fourth-order valence-electron chi connectivity index (χ4n) is 1.20. The van der Waals surface area contributed by atoms with Crippen LogP contribution in [0.2, 0.25) is 0 Å². The van der Waals surface area contributed by atoms with Crippen LogP contribution in [-0.2, 0) is 9.47 Å². The quantitative estimate of drug-likeness (QED) is 0.388. The van der Waals surface area contributed by atoms with E-state index in [1.165, 1.54) is 12.5 Å². The standard InChI is InChI=1S/C12H24N2O2/c1-4-15-8-6-13-10-12(3)11-14-7-9-16-5-2/h4-5,12-14H,1-2,6-11H2,3H3. The second-order valence-corrected chi connectivity index (χ2v) is 3.59. The number of nitrogens with one attached hydrogen (secondary N) is 2. The zero-order valence-corrected chi connectivity index (χ0v) is 10.2. The van der Waals surface area contributed by atoms with E-state index in [1.807, 2.05) is 0 Å². The molecule has 4 nitrogen and oxygen atoms in total. The van der Waals surface area contributed by atoms with Gasteiger partial charge in [0.05, 0.1) is 25.7 Å². The van der Waals surface area contributed by atoms with Crippen molar-refractivity contribution in [1.82, 2.24) is 10.6 Å². The lowest BCUT2D eigenvalue weighted by Crippen LogP contribution is -2.32. The van der Waals surface area contributed by atoms with Gasteiger partial charge in [0, 0.05) is 13.1 Å². The summed E-state index contributed by atoms with van der Waals surface area (Å²) in [5.74, 6) is 0.590.